The van der Waals surface area contributed by atoms with Gasteiger partial charge in [0.25, 0.3) is 0 Å². The Morgan fingerprint density at radius 2 is 2.29 bits per heavy atom. The van der Waals surface area contributed by atoms with E-state index >= 15 is 0 Å². The van der Waals surface area contributed by atoms with Gasteiger partial charge in [0.15, 0.2) is 0 Å². The highest BCUT2D eigenvalue weighted by atomic mass is 35.5. The molecule has 6 nitrogen and oxygen atoms in total. The zero-order chi connectivity index (χ0) is 15.4. The Hall–Kier alpha value is -1.92. The number of hydrazone groups is 2. The summed E-state index contributed by atoms with van der Waals surface area (Å²) in [6, 6.07) is 5.09. The molecule has 0 aromatic heterocycles. The predicted octanol–water partition coefficient (Wildman–Crippen LogP) is 1.96. The zero-order valence-electron chi connectivity index (χ0n) is 11.1. The van der Waals surface area contributed by atoms with Crippen LogP contribution in [0.5, 0.6) is 0 Å². The monoisotopic (exact) mass is 326 g/mol. The Bertz CT molecular complexity index is 643. The van der Waals surface area contributed by atoms with Crippen LogP contribution < -0.4 is 10.9 Å². The number of amides is 2. The molecular weight excluding hydrogens is 315 g/mol. The van der Waals surface area contributed by atoms with E-state index in [1.165, 1.54) is 6.21 Å². The van der Waals surface area contributed by atoms with Crippen LogP contribution in [-0.2, 0) is 9.59 Å². The van der Waals surface area contributed by atoms with Crippen LogP contribution in [0, 0.1) is 5.92 Å². The van der Waals surface area contributed by atoms with Crippen LogP contribution in [0.1, 0.15) is 18.9 Å². The van der Waals surface area contributed by atoms with Crippen LogP contribution in [0.15, 0.2) is 28.4 Å². The van der Waals surface area contributed by atoms with Crippen molar-refractivity contribution >= 4 is 46.9 Å². The standard InChI is InChI=1S/C13H12Cl2N4O2/c1-7-9(13(21)19-17-7)5-11(20)18-16-6-8-3-2-4-10(14)12(8)15/h2-4,6,9H,5H2,1H3,(H,18,20)(H,19,21)/b16-6-/t9-/m0/s1. The third-order valence-corrected chi connectivity index (χ3v) is 3.76. The fourth-order valence-corrected chi connectivity index (χ4v) is 2.11. The Labute approximate surface area is 131 Å². The number of rotatable bonds is 4. The minimum absolute atomic E-state index is 0.0121. The topological polar surface area (TPSA) is 82.9 Å². The van der Waals surface area contributed by atoms with E-state index in [9.17, 15) is 9.59 Å². The number of hydrogen-bond donors (Lipinski definition) is 2. The number of nitrogens with zero attached hydrogens (tertiary/aromatic N) is 2. The molecule has 0 saturated carbocycles. The van der Waals surface area contributed by atoms with Gasteiger partial charge in [-0.2, -0.15) is 10.2 Å². The summed E-state index contributed by atoms with van der Waals surface area (Å²) in [5.41, 5.74) is 5.82. The molecule has 1 atom stereocenters. The summed E-state index contributed by atoms with van der Waals surface area (Å²) in [5.74, 6) is -1.22. The molecule has 0 saturated heterocycles. The second-order valence-corrected chi connectivity index (χ2v) is 5.21. The number of carbonyl (C=O) groups excluding carboxylic acids is 2. The normalized spacial score (nSPS) is 17.8. The molecule has 8 heteroatoms. The first-order valence-corrected chi connectivity index (χ1v) is 6.84. The minimum atomic E-state index is -0.546. The molecule has 21 heavy (non-hydrogen) atoms. The molecule has 0 unspecified atom stereocenters. The molecule has 0 bridgehead atoms. The van der Waals surface area contributed by atoms with Crippen molar-refractivity contribution in [2.24, 2.45) is 16.1 Å². The molecule has 1 aliphatic rings. The molecule has 2 amide bonds. The molecule has 2 N–H and O–H groups in total. The van der Waals surface area contributed by atoms with Gasteiger partial charge in [0, 0.05) is 17.7 Å². The average Bonchev–Trinajstić information content (AvgIpc) is 2.75. The van der Waals surface area contributed by atoms with Crippen molar-refractivity contribution in [3.05, 3.63) is 33.8 Å². The Morgan fingerprint density at radius 1 is 1.52 bits per heavy atom. The summed E-state index contributed by atoms with van der Waals surface area (Å²) in [7, 11) is 0. The lowest BCUT2D eigenvalue weighted by Crippen LogP contribution is -2.29. The lowest BCUT2D eigenvalue weighted by atomic mass is 10.0. The SMILES string of the molecule is CC1=NNC(=O)[C@H]1CC(=O)N/N=C\c1cccc(Cl)c1Cl. The molecule has 110 valence electrons. The summed E-state index contributed by atoms with van der Waals surface area (Å²) in [6.45, 7) is 1.69. The summed E-state index contributed by atoms with van der Waals surface area (Å²) in [6.07, 6.45) is 1.38. The Balaban J connectivity index is 1.92. The highest BCUT2D eigenvalue weighted by molar-refractivity contribution is 6.43. The Morgan fingerprint density at radius 3 is 2.95 bits per heavy atom. The number of nitrogens with one attached hydrogen (secondary N) is 2. The van der Waals surface area contributed by atoms with E-state index in [4.69, 9.17) is 23.2 Å². The van der Waals surface area contributed by atoms with E-state index < -0.39 is 5.92 Å². The summed E-state index contributed by atoms with van der Waals surface area (Å²) in [5, 5.41) is 8.32. The van der Waals surface area contributed by atoms with Crippen LogP contribution in [0.25, 0.3) is 0 Å². The average molecular weight is 327 g/mol. The molecule has 2 rings (SSSR count). The van der Waals surface area contributed by atoms with Gasteiger partial charge in [-0.05, 0) is 13.0 Å². The fourth-order valence-electron chi connectivity index (χ4n) is 1.75. The molecule has 1 heterocycles. The van der Waals surface area contributed by atoms with Gasteiger partial charge in [-0.1, -0.05) is 35.3 Å². The highest BCUT2D eigenvalue weighted by Crippen LogP contribution is 2.24. The first-order valence-electron chi connectivity index (χ1n) is 6.09. The second-order valence-electron chi connectivity index (χ2n) is 4.42. The van der Waals surface area contributed by atoms with Crippen LogP contribution >= 0.6 is 23.2 Å². The van der Waals surface area contributed by atoms with Crippen LogP contribution in [0.2, 0.25) is 10.0 Å². The van der Waals surface area contributed by atoms with E-state index in [-0.39, 0.29) is 18.2 Å². The van der Waals surface area contributed by atoms with Gasteiger partial charge in [0.05, 0.1) is 22.2 Å². The largest absolute Gasteiger partial charge is 0.273 e. The molecule has 0 radical (unpaired) electrons. The number of hydrogen-bond acceptors (Lipinski definition) is 4. The first kappa shape index (κ1) is 15.5. The first-order chi connectivity index (χ1) is 9.99. The summed E-state index contributed by atoms with van der Waals surface area (Å²) in [4.78, 5) is 23.1. The quantitative estimate of drug-likeness (QED) is 0.654. The van der Waals surface area contributed by atoms with Gasteiger partial charge < -0.3 is 0 Å². The van der Waals surface area contributed by atoms with E-state index in [0.717, 1.165) is 0 Å². The van der Waals surface area contributed by atoms with Crippen LogP contribution in [0.3, 0.4) is 0 Å². The van der Waals surface area contributed by atoms with E-state index in [0.29, 0.717) is 21.3 Å². The highest BCUT2D eigenvalue weighted by Gasteiger charge is 2.28. The third kappa shape index (κ3) is 3.80. The predicted molar refractivity (Wildman–Crippen MR) is 81.6 cm³/mol. The van der Waals surface area contributed by atoms with Crippen molar-refractivity contribution in [1.29, 1.82) is 0 Å². The zero-order valence-corrected chi connectivity index (χ0v) is 12.6. The van der Waals surface area contributed by atoms with Crippen molar-refractivity contribution in [2.45, 2.75) is 13.3 Å². The van der Waals surface area contributed by atoms with Gasteiger partial charge in [-0.25, -0.2) is 10.9 Å². The lowest BCUT2D eigenvalue weighted by Gasteiger charge is -2.05. The smallest absolute Gasteiger partial charge is 0.249 e. The molecule has 1 aliphatic heterocycles. The number of halogens is 2. The van der Waals surface area contributed by atoms with Crippen LogP contribution in [0.4, 0.5) is 0 Å². The summed E-state index contributed by atoms with van der Waals surface area (Å²) < 4.78 is 0. The summed E-state index contributed by atoms with van der Waals surface area (Å²) >= 11 is 11.8. The van der Waals surface area contributed by atoms with Crippen LogP contribution in [-0.4, -0.2) is 23.7 Å². The van der Waals surface area contributed by atoms with Gasteiger partial charge in [-0.3, -0.25) is 9.59 Å². The van der Waals surface area contributed by atoms with Crippen molar-refractivity contribution in [3.63, 3.8) is 0 Å². The number of benzene rings is 1. The maximum absolute atomic E-state index is 11.7. The minimum Gasteiger partial charge on any atom is -0.273 e. The molecular formula is C13H12Cl2N4O2. The van der Waals surface area contributed by atoms with Gasteiger partial charge in [0.1, 0.15) is 0 Å². The molecule has 1 aromatic rings. The number of carbonyl (C=O) groups is 2. The maximum Gasteiger partial charge on any atom is 0.249 e. The molecule has 0 fully saturated rings. The van der Waals surface area contributed by atoms with E-state index in [1.54, 1.807) is 25.1 Å². The van der Waals surface area contributed by atoms with Gasteiger partial charge >= 0.3 is 0 Å². The second kappa shape index (κ2) is 6.69. The fraction of sp³-hybridized carbons (Fsp3) is 0.231. The lowest BCUT2D eigenvalue weighted by molar-refractivity contribution is -0.127. The maximum atomic E-state index is 11.7. The molecule has 0 aliphatic carbocycles. The van der Waals surface area contributed by atoms with Crippen molar-refractivity contribution in [2.75, 3.05) is 0 Å². The molecule has 0 spiro atoms. The third-order valence-electron chi connectivity index (χ3n) is 2.93. The van der Waals surface area contributed by atoms with E-state index in [1.807, 2.05) is 0 Å². The Kier molecular flexibility index (Phi) is 4.93. The van der Waals surface area contributed by atoms with Crippen molar-refractivity contribution < 1.29 is 9.59 Å². The molecule has 1 aromatic carbocycles. The van der Waals surface area contributed by atoms with E-state index in [2.05, 4.69) is 21.1 Å². The van der Waals surface area contributed by atoms with Gasteiger partial charge in [0.2, 0.25) is 11.8 Å². The van der Waals surface area contributed by atoms with Gasteiger partial charge in [-0.15, -0.1) is 0 Å². The van der Waals surface area contributed by atoms with Crippen molar-refractivity contribution in [1.82, 2.24) is 10.9 Å². The van der Waals surface area contributed by atoms with Crippen molar-refractivity contribution in [3.8, 4) is 0 Å².